The van der Waals surface area contributed by atoms with Gasteiger partial charge in [-0.1, -0.05) is 102 Å². The fourth-order valence-electron chi connectivity index (χ4n) is 4.94. The van der Waals surface area contributed by atoms with Crippen LogP contribution in [0.3, 0.4) is 0 Å². The molecule has 0 aliphatic heterocycles. The molecule has 2 aromatic carbocycles. The van der Waals surface area contributed by atoms with Gasteiger partial charge in [0.25, 0.3) is 0 Å². The highest BCUT2D eigenvalue weighted by atomic mass is 35.5. The van der Waals surface area contributed by atoms with Gasteiger partial charge in [0.1, 0.15) is 5.75 Å². The van der Waals surface area contributed by atoms with Crippen LogP contribution in [0.1, 0.15) is 107 Å². The number of anilines is 1. The molecule has 3 rings (SSSR count). The summed E-state index contributed by atoms with van der Waals surface area (Å²) in [5.41, 5.74) is 3.32. The molecule has 0 aliphatic rings. The first-order chi connectivity index (χ1) is 19.2. The van der Waals surface area contributed by atoms with Gasteiger partial charge in [0, 0.05) is 37.2 Å². The lowest BCUT2D eigenvalue weighted by Gasteiger charge is -2.22. The Kier molecular flexibility index (Phi) is 17.3. The normalized spacial score (nSPS) is 10.8. The van der Waals surface area contributed by atoms with Crippen molar-refractivity contribution in [3.05, 3.63) is 76.2 Å². The van der Waals surface area contributed by atoms with E-state index in [1.165, 1.54) is 81.8 Å². The Labute approximate surface area is 253 Å². The standard InChI is InChI=1S/C34H48N2O2S.ClH/c1-3-4-5-6-7-8-9-10-11-12-13-14-25-38-33-20-18-30(19-21-33)22-24-36(29(2)37)32-17-15-16-31(27-32)28-34-35-23-26-39-34;/h15-21,23,26-27H,3-14,22,24-25,28H2,1-2H3;1H. The Balaban J connectivity index is 0.00000560. The average molecular weight is 585 g/mol. The van der Waals surface area contributed by atoms with Crippen LogP contribution in [0.4, 0.5) is 5.69 Å². The summed E-state index contributed by atoms with van der Waals surface area (Å²) in [4.78, 5) is 18.7. The highest BCUT2D eigenvalue weighted by molar-refractivity contribution is 7.09. The van der Waals surface area contributed by atoms with Crippen molar-refractivity contribution in [3.8, 4) is 5.75 Å². The highest BCUT2D eigenvalue weighted by Gasteiger charge is 2.13. The number of carbonyl (C=O) groups is 1. The molecule has 6 heteroatoms. The molecular weight excluding hydrogens is 536 g/mol. The van der Waals surface area contributed by atoms with Gasteiger partial charge in [-0.15, -0.1) is 23.7 Å². The van der Waals surface area contributed by atoms with E-state index in [0.717, 1.165) is 42.3 Å². The molecular formula is C34H49ClN2O2S. The molecule has 1 heterocycles. The molecule has 220 valence electrons. The van der Waals surface area contributed by atoms with Crippen molar-refractivity contribution in [2.45, 2.75) is 104 Å². The van der Waals surface area contributed by atoms with Crippen molar-refractivity contribution < 1.29 is 9.53 Å². The third kappa shape index (κ3) is 13.3. The third-order valence-corrected chi connectivity index (χ3v) is 8.03. The van der Waals surface area contributed by atoms with E-state index in [0.29, 0.717) is 6.54 Å². The van der Waals surface area contributed by atoms with Gasteiger partial charge in [0.05, 0.1) is 11.6 Å². The minimum atomic E-state index is 0. The Morgan fingerprint density at radius 1 is 0.850 bits per heavy atom. The van der Waals surface area contributed by atoms with Gasteiger partial charge in [-0.25, -0.2) is 4.98 Å². The van der Waals surface area contributed by atoms with Crippen LogP contribution in [-0.2, 0) is 17.6 Å². The number of benzene rings is 2. The maximum absolute atomic E-state index is 12.4. The molecule has 0 unspecified atom stereocenters. The van der Waals surface area contributed by atoms with Crippen molar-refractivity contribution >= 4 is 35.3 Å². The fourth-order valence-corrected chi connectivity index (χ4v) is 5.59. The zero-order valence-corrected chi connectivity index (χ0v) is 26.2. The lowest BCUT2D eigenvalue weighted by atomic mass is 10.1. The number of thiazole rings is 1. The third-order valence-electron chi connectivity index (χ3n) is 7.26. The summed E-state index contributed by atoms with van der Waals surface area (Å²) in [6.45, 7) is 5.35. The van der Waals surface area contributed by atoms with Crippen LogP contribution in [0, 0.1) is 0 Å². The molecule has 0 saturated heterocycles. The molecule has 1 aromatic heterocycles. The van der Waals surface area contributed by atoms with Gasteiger partial charge in [-0.2, -0.15) is 0 Å². The smallest absolute Gasteiger partial charge is 0.223 e. The number of hydrogen-bond acceptors (Lipinski definition) is 4. The maximum Gasteiger partial charge on any atom is 0.223 e. The molecule has 4 nitrogen and oxygen atoms in total. The number of aromatic nitrogens is 1. The Morgan fingerprint density at radius 3 is 2.10 bits per heavy atom. The number of rotatable bonds is 20. The van der Waals surface area contributed by atoms with E-state index in [9.17, 15) is 4.79 Å². The van der Waals surface area contributed by atoms with Crippen LogP contribution in [0.2, 0.25) is 0 Å². The first-order valence-corrected chi connectivity index (χ1v) is 16.0. The van der Waals surface area contributed by atoms with Gasteiger partial charge < -0.3 is 9.64 Å². The molecule has 0 radical (unpaired) electrons. The largest absolute Gasteiger partial charge is 0.494 e. The number of unbranched alkanes of at least 4 members (excludes halogenated alkanes) is 11. The molecule has 0 aliphatic carbocycles. The molecule has 0 fully saturated rings. The van der Waals surface area contributed by atoms with E-state index in [-0.39, 0.29) is 18.3 Å². The number of hydrogen-bond donors (Lipinski definition) is 0. The molecule has 40 heavy (non-hydrogen) atoms. The first kappa shape index (κ1) is 33.8. The Hall–Kier alpha value is -2.37. The second-order valence-corrected chi connectivity index (χ2v) is 11.6. The molecule has 0 atom stereocenters. The van der Waals surface area contributed by atoms with E-state index in [1.807, 2.05) is 28.6 Å². The number of nitrogens with zero attached hydrogens (tertiary/aromatic N) is 2. The second kappa shape index (κ2) is 20.5. The number of amides is 1. The molecule has 0 N–H and O–H groups in total. The van der Waals surface area contributed by atoms with E-state index < -0.39 is 0 Å². The summed E-state index contributed by atoms with van der Waals surface area (Å²) >= 11 is 1.66. The first-order valence-electron chi connectivity index (χ1n) is 15.1. The van der Waals surface area contributed by atoms with Crippen LogP contribution in [0.25, 0.3) is 0 Å². The zero-order chi connectivity index (χ0) is 27.5. The van der Waals surface area contributed by atoms with Gasteiger partial charge in [0.2, 0.25) is 5.91 Å². The monoisotopic (exact) mass is 584 g/mol. The number of halogens is 1. The van der Waals surface area contributed by atoms with Gasteiger partial charge >= 0.3 is 0 Å². The average Bonchev–Trinajstić information content (AvgIpc) is 3.45. The van der Waals surface area contributed by atoms with Crippen LogP contribution in [-0.4, -0.2) is 24.0 Å². The summed E-state index contributed by atoms with van der Waals surface area (Å²) in [7, 11) is 0. The van der Waals surface area contributed by atoms with Gasteiger partial charge in [-0.05, 0) is 48.2 Å². The summed E-state index contributed by atoms with van der Waals surface area (Å²) in [5.74, 6) is 0.990. The maximum atomic E-state index is 12.4. The van der Waals surface area contributed by atoms with Crippen LogP contribution >= 0.6 is 23.7 Å². The Morgan fingerprint density at radius 2 is 1.50 bits per heavy atom. The zero-order valence-electron chi connectivity index (χ0n) is 24.6. The SMILES string of the molecule is CCCCCCCCCCCCCCOc1ccc(CCN(C(C)=O)c2cccc(Cc3nccs3)c2)cc1.Cl. The van der Waals surface area contributed by atoms with Gasteiger partial charge in [-0.3, -0.25) is 4.79 Å². The van der Waals surface area contributed by atoms with Crippen LogP contribution in [0.5, 0.6) is 5.75 Å². The van der Waals surface area contributed by atoms with Crippen LogP contribution < -0.4 is 9.64 Å². The molecule has 0 bridgehead atoms. The molecule has 3 aromatic rings. The van der Waals surface area contributed by atoms with Gasteiger partial charge in [0.15, 0.2) is 0 Å². The number of ether oxygens (including phenoxy) is 1. The van der Waals surface area contributed by atoms with E-state index in [4.69, 9.17) is 4.74 Å². The summed E-state index contributed by atoms with van der Waals surface area (Å²) in [6, 6.07) is 16.6. The van der Waals surface area contributed by atoms with Crippen LogP contribution in [0.15, 0.2) is 60.1 Å². The second-order valence-electron chi connectivity index (χ2n) is 10.6. The minimum absolute atomic E-state index is 0. The topological polar surface area (TPSA) is 42.4 Å². The number of carbonyl (C=O) groups excluding carboxylic acids is 1. The van der Waals surface area contributed by atoms with E-state index in [1.54, 1.807) is 18.3 Å². The van der Waals surface area contributed by atoms with E-state index in [2.05, 4.69) is 48.3 Å². The van der Waals surface area contributed by atoms with E-state index >= 15 is 0 Å². The molecule has 0 spiro atoms. The molecule has 1 amide bonds. The Bertz CT molecular complexity index is 1060. The van der Waals surface area contributed by atoms with Crippen molar-refractivity contribution in [1.29, 1.82) is 0 Å². The lowest BCUT2D eigenvalue weighted by Crippen LogP contribution is -2.30. The molecule has 0 saturated carbocycles. The summed E-state index contributed by atoms with van der Waals surface area (Å²) < 4.78 is 5.97. The van der Waals surface area contributed by atoms with Crippen molar-refractivity contribution in [3.63, 3.8) is 0 Å². The van der Waals surface area contributed by atoms with Crippen molar-refractivity contribution in [2.24, 2.45) is 0 Å². The predicted octanol–water partition coefficient (Wildman–Crippen LogP) is 9.83. The lowest BCUT2D eigenvalue weighted by molar-refractivity contribution is -0.116. The van der Waals surface area contributed by atoms with Crippen molar-refractivity contribution in [2.75, 3.05) is 18.1 Å². The highest BCUT2D eigenvalue weighted by Crippen LogP contribution is 2.21. The fraction of sp³-hybridized carbons (Fsp3) is 0.529. The summed E-state index contributed by atoms with van der Waals surface area (Å²) in [5, 5.41) is 3.08. The predicted molar refractivity (Wildman–Crippen MR) is 173 cm³/mol. The minimum Gasteiger partial charge on any atom is -0.494 e. The summed E-state index contributed by atoms with van der Waals surface area (Å²) in [6.07, 6.45) is 19.7. The van der Waals surface area contributed by atoms with Crippen molar-refractivity contribution in [1.82, 2.24) is 4.98 Å². The quantitative estimate of drug-likeness (QED) is 0.124.